The maximum atomic E-state index is 12.9. The van der Waals surface area contributed by atoms with Gasteiger partial charge < -0.3 is 10.5 Å². The van der Waals surface area contributed by atoms with Crippen molar-refractivity contribution in [1.29, 1.82) is 0 Å². The normalized spacial score (nSPS) is 23.6. The number of nitrogens with zero attached hydrogens (tertiary/aromatic N) is 1. The third-order valence-electron chi connectivity index (χ3n) is 2.54. The van der Waals surface area contributed by atoms with Gasteiger partial charge in [0.2, 0.25) is 0 Å². The molecule has 1 fully saturated rings. The van der Waals surface area contributed by atoms with Crippen molar-refractivity contribution in [1.82, 2.24) is 0 Å². The Morgan fingerprint density at radius 2 is 2.19 bits per heavy atom. The summed E-state index contributed by atoms with van der Waals surface area (Å²) < 4.78 is 18.3. The molecule has 2 N–H and O–H groups in total. The molecule has 0 amide bonds. The van der Waals surface area contributed by atoms with E-state index in [9.17, 15) is 14.5 Å². The van der Waals surface area contributed by atoms with Crippen LogP contribution in [0.1, 0.15) is 12.8 Å². The van der Waals surface area contributed by atoms with E-state index >= 15 is 0 Å². The molecule has 2 rings (SSSR count). The predicted octanol–water partition coefficient (Wildman–Crippen LogP) is 1.60. The molecule has 1 aromatic carbocycles. The molecule has 0 bridgehead atoms. The fraction of sp³-hybridized carbons (Fsp3) is 0.400. The van der Waals surface area contributed by atoms with E-state index in [1.54, 1.807) is 0 Å². The van der Waals surface area contributed by atoms with Gasteiger partial charge in [0.25, 0.3) is 0 Å². The number of hydrogen-bond acceptors (Lipinski definition) is 4. The highest BCUT2D eigenvalue weighted by Gasteiger charge is 2.29. The summed E-state index contributed by atoms with van der Waals surface area (Å²) >= 11 is 0. The van der Waals surface area contributed by atoms with Gasteiger partial charge in [-0.3, -0.25) is 10.1 Å². The second kappa shape index (κ2) is 4.05. The van der Waals surface area contributed by atoms with E-state index in [0.717, 1.165) is 18.2 Å². The highest BCUT2D eigenvalue weighted by molar-refractivity contribution is 5.46. The molecule has 16 heavy (non-hydrogen) atoms. The molecule has 0 unspecified atom stereocenters. The van der Waals surface area contributed by atoms with Crippen LogP contribution >= 0.6 is 0 Å². The molecule has 5 nitrogen and oxygen atoms in total. The van der Waals surface area contributed by atoms with Gasteiger partial charge in [-0.1, -0.05) is 0 Å². The lowest BCUT2D eigenvalue weighted by Gasteiger charge is -2.32. The maximum absolute atomic E-state index is 12.9. The standard InChI is InChI=1S/C10H11FN2O3/c11-6-1-2-9(13(14)15)10(3-6)16-8-4-7(12)5-8/h1-3,7-8H,4-5,12H2/t7-,8-. The van der Waals surface area contributed by atoms with E-state index in [-0.39, 0.29) is 23.6 Å². The Morgan fingerprint density at radius 3 is 2.75 bits per heavy atom. The van der Waals surface area contributed by atoms with Crippen LogP contribution < -0.4 is 10.5 Å². The van der Waals surface area contributed by atoms with Crippen molar-refractivity contribution in [3.05, 3.63) is 34.1 Å². The molecule has 0 heterocycles. The van der Waals surface area contributed by atoms with E-state index < -0.39 is 10.7 Å². The second-order valence-corrected chi connectivity index (χ2v) is 3.84. The second-order valence-electron chi connectivity index (χ2n) is 3.84. The first-order valence-electron chi connectivity index (χ1n) is 4.92. The van der Waals surface area contributed by atoms with Gasteiger partial charge in [-0.2, -0.15) is 0 Å². The fourth-order valence-corrected chi connectivity index (χ4v) is 1.62. The molecule has 0 aromatic heterocycles. The Hall–Kier alpha value is -1.69. The number of halogens is 1. The van der Waals surface area contributed by atoms with Crippen LogP contribution in [0.3, 0.4) is 0 Å². The Labute approximate surface area is 91.2 Å². The first-order valence-corrected chi connectivity index (χ1v) is 4.92. The third kappa shape index (κ3) is 2.11. The molecule has 0 atom stereocenters. The quantitative estimate of drug-likeness (QED) is 0.627. The van der Waals surface area contributed by atoms with Gasteiger partial charge in [-0.25, -0.2) is 4.39 Å². The molecule has 0 radical (unpaired) electrons. The third-order valence-corrected chi connectivity index (χ3v) is 2.54. The van der Waals surface area contributed by atoms with Crippen LogP contribution in [0.5, 0.6) is 5.75 Å². The van der Waals surface area contributed by atoms with Crippen molar-refractivity contribution in [2.45, 2.75) is 25.0 Å². The Morgan fingerprint density at radius 1 is 1.50 bits per heavy atom. The summed E-state index contributed by atoms with van der Waals surface area (Å²) in [6.07, 6.45) is 1.15. The lowest BCUT2D eigenvalue weighted by atomic mass is 9.90. The average Bonchev–Trinajstić information content (AvgIpc) is 2.15. The summed E-state index contributed by atoms with van der Waals surface area (Å²) in [6.45, 7) is 0. The molecule has 1 aliphatic rings. The van der Waals surface area contributed by atoms with Gasteiger partial charge in [0, 0.05) is 18.2 Å². The smallest absolute Gasteiger partial charge is 0.311 e. The summed E-state index contributed by atoms with van der Waals surface area (Å²) in [4.78, 5) is 10.1. The zero-order chi connectivity index (χ0) is 11.7. The largest absolute Gasteiger partial charge is 0.483 e. The first-order chi connectivity index (χ1) is 7.56. The van der Waals surface area contributed by atoms with Gasteiger partial charge in [0.05, 0.1) is 4.92 Å². The van der Waals surface area contributed by atoms with Crippen molar-refractivity contribution in [2.24, 2.45) is 5.73 Å². The molecule has 0 aliphatic heterocycles. The highest BCUT2D eigenvalue weighted by atomic mass is 19.1. The predicted molar refractivity (Wildman–Crippen MR) is 54.7 cm³/mol. The number of nitrogens with two attached hydrogens (primary N) is 1. The van der Waals surface area contributed by atoms with Gasteiger partial charge in [0.1, 0.15) is 11.9 Å². The van der Waals surface area contributed by atoms with E-state index in [2.05, 4.69) is 0 Å². The summed E-state index contributed by atoms with van der Waals surface area (Å²) in [6, 6.07) is 3.25. The van der Waals surface area contributed by atoms with E-state index in [4.69, 9.17) is 10.5 Å². The number of hydrogen-bond donors (Lipinski definition) is 1. The van der Waals surface area contributed by atoms with Gasteiger partial charge in [0.15, 0.2) is 5.75 Å². The van der Waals surface area contributed by atoms with E-state index in [0.29, 0.717) is 12.8 Å². The minimum Gasteiger partial charge on any atom is -0.483 e. The molecule has 1 saturated carbocycles. The lowest BCUT2D eigenvalue weighted by Crippen LogP contribution is -2.43. The molecular weight excluding hydrogens is 215 g/mol. The number of nitro benzene ring substituents is 1. The summed E-state index contributed by atoms with van der Waals surface area (Å²) in [5.74, 6) is -0.578. The molecular formula is C10H11FN2O3. The Balaban J connectivity index is 2.17. The number of ether oxygens (including phenoxy) is 1. The SMILES string of the molecule is N[C@H]1C[C@H](Oc2cc(F)ccc2[N+](=O)[O-])C1. The Kier molecular flexibility index (Phi) is 2.74. The van der Waals surface area contributed by atoms with Crippen LogP contribution in [0.25, 0.3) is 0 Å². The van der Waals surface area contributed by atoms with E-state index in [1.165, 1.54) is 0 Å². The number of rotatable bonds is 3. The molecule has 1 aliphatic carbocycles. The van der Waals surface area contributed by atoms with Crippen molar-refractivity contribution in [3.63, 3.8) is 0 Å². The van der Waals surface area contributed by atoms with Crippen molar-refractivity contribution in [3.8, 4) is 5.75 Å². The number of benzene rings is 1. The monoisotopic (exact) mass is 226 g/mol. The maximum Gasteiger partial charge on any atom is 0.311 e. The zero-order valence-electron chi connectivity index (χ0n) is 8.43. The molecule has 6 heteroatoms. The van der Waals surface area contributed by atoms with Crippen LogP contribution in [-0.4, -0.2) is 17.1 Å². The van der Waals surface area contributed by atoms with Crippen LogP contribution in [0, 0.1) is 15.9 Å². The molecule has 86 valence electrons. The zero-order valence-corrected chi connectivity index (χ0v) is 8.43. The molecule has 0 spiro atoms. The fourth-order valence-electron chi connectivity index (χ4n) is 1.62. The van der Waals surface area contributed by atoms with E-state index in [1.807, 2.05) is 0 Å². The summed E-state index contributed by atoms with van der Waals surface area (Å²) in [5.41, 5.74) is 5.34. The van der Waals surface area contributed by atoms with Gasteiger partial charge in [-0.05, 0) is 18.9 Å². The topological polar surface area (TPSA) is 78.4 Å². The first kappa shape index (κ1) is 10.8. The molecule has 1 aromatic rings. The van der Waals surface area contributed by atoms with Crippen molar-refractivity contribution < 1.29 is 14.1 Å². The van der Waals surface area contributed by atoms with Crippen molar-refractivity contribution >= 4 is 5.69 Å². The van der Waals surface area contributed by atoms with Crippen LogP contribution in [0.2, 0.25) is 0 Å². The average molecular weight is 226 g/mol. The lowest BCUT2D eigenvalue weighted by molar-refractivity contribution is -0.386. The summed E-state index contributed by atoms with van der Waals surface area (Å²) in [7, 11) is 0. The number of nitro groups is 1. The highest BCUT2D eigenvalue weighted by Crippen LogP contribution is 2.32. The van der Waals surface area contributed by atoms with Crippen LogP contribution in [0.15, 0.2) is 18.2 Å². The minimum atomic E-state index is -0.590. The van der Waals surface area contributed by atoms with Gasteiger partial charge >= 0.3 is 5.69 Å². The summed E-state index contributed by atoms with van der Waals surface area (Å²) in [5, 5.41) is 10.7. The van der Waals surface area contributed by atoms with Crippen LogP contribution in [0.4, 0.5) is 10.1 Å². The van der Waals surface area contributed by atoms with Crippen LogP contribution in [-0.2, 0) is 0 Å². The van der Waals surface area contributed by atoms with Gasteiger partial charge in [-0.15, -0.1) is 0 Å². The Bertz CT molecular complexity index is 419. The minimum absolute atomic E-state index is 0.0260. The van der Waals surface area contributed by atoms with Crippen molar-refractivity contribution in [2.75, 3.05) is 0 Å². The molecule has 0 saturated heterocycles.